The molecule has 110 valence electrons. The van der Waals surface area contributed by atoms with Crippen LogP contribution >= 0.6 is 15.9 Å². The third-order valence-corrected chi connectivity index (χ3v) is 4.29. The van der Waals surface area contributed by atoms with Crippen molar-refractivity contribution in [2.45, 2.75) is 13.1 Å². The number of hydrogen-bond acceptors (Lipinski definition) is 4. The zero-order valence-electron chi connectivity index (χ0n) is 11.9. The molecule has 0 aliphatic carbocycles. The van der Waals surface area contributed by atoms with Gasteiger partial charge in [0.2, 0.25) is 0 Å². The lowest BCUT2D eigenvalue weighted by Gasteiger charge is -2.28. The fourth-order valence-corrected chi connectivity index (χ4v) is 2.94. The summed E-state index contributed by atoms with van der Waals surface area (Å²) in [5.41, 5.74) is 1.11. The van der Waals surface area contributed by atoms with Gasteiger partial charge in [-0.2, -0.15) is 0 Å². The minimum absolute atomic E-state index is 0.731. The van der Waals surface area contributed by atoms with Gasteiger partial charge in [-0.25, -0.2) is 4.98 Å². The number of pyridine rings is 1. The van der Waals surface area contributed by atoms with Gasteiger partial charge >= 0.3 is 0 Å². The third kappa shape index (κ3) is 2.39. The predicted octanol–water partition coefficient (Wildman–Crippen LogP) is 3.12. The van der Waals surface area contributed by atoms with Crippen LogP contribution in [0.5, 0.6) is 0 Å². The van der Waals surface area contributed by atoms with E-state index < -0.39 is 0 Å². The summed E-state index contributed by atoms with van der Waals surface area (Å²) < 4.78 is 3.19. The Balaban J connectivity index is 1.63. The van der Waals surface area contributed by atoms with Crippen molar-refractivity contribution in [1.82, 2.24) is 19.7 Å². The molecule has 4 rings (SSSR count). The number of benzene rings is 1. The number of hydrogen-bond donors (Lipinski definition) is 0. The molecule has 1 aliphatic rings. The van der Waals surface area contributed by atoms with Crippen molar-refractivity contribution >= 4 is 21.7 Å². The molecule has 3 heterocycles. The molecular weight excluding hydrogens is 342 g/mol. The van der Waals surface area contributed by atoms with E-state index in [9.17, 15) is 0 Å². The number of anilines is 1. The zero-order valence-corrected chi connectivity index (χ0v) is 13.4. The number of fused-ring (bicyclic) bond motifs is 1. The molecule has 0 fully saturated rings. The highest BCUT2D eigenvalue weighted by atomic mass is 79.9. The summed E-state index contributed by atoms with van der Waals surface area (Å²) in [6, 6.07) is 14.2. The van der Waals surface area contributed by atoms with Crippen molar-refractivity contribution in [3.05, 3.63) is 59.0 Å². The van der Waals surface area contributed by atoms with E-state index in [0.717, 1.165) is 47.1 Å². The van der Waals surface area contributed by atoms with E-state index in [4.69, 9.17) is 0 Å². The average Bonchev–Trinajstić information content (AvgIpc) is 2.99. The maximum atomic E-state index is 4.46. The third-order valence-electron chi connectivity index (χ3n) is 3.82. The Bertz CT molecular complexity index is 782. The van der Waals surface area contributed by atoms with Crippen LogP contribution in [0.3, 0.4) is 0 Å². The first kappa shape index (κ1) is 13.5. The standard InChI is InChI=1S/C16H14BrN5/c17-13-6-7-14(18-10-13)21-8-9-22-15(11-21)19-20-16(22)12-4-2-1-3-5-12/h1-7,10H,8-9,11H2. The van der Waals surface area contributed by atoms with Crippen LogP contribution in [-0.2, 0) is 13.1 Å². The monoisotopic (exact) mass is 355 g/mol. The molecule has 1 aromatic carbocycles. The highest BCUT2D eigenvalue weighted by Gasteiger charge is 2.22. The van der Waals surface area contributed by atoms with E-state index in [0.29, 0.717) is 0 Å². The van der Waals surface area contributed by atoms with Crippen LogP contribution < -0.4 is 4.90 Å². The van der Waals surface area contributed by atoms with Gasteiger partial charge in [-0.05, 0) is 28.1 Å². The van der Waals surface area contributed by atoms with Crippen LogP contribution in [-0.4, -0.2) is 26.3 Å². The van der Waals surface area contributed by atoms with E-state index >= 15 is 0 Å². The molecule has 1 aliphatic heterocycles. The van der Waals surface area contributed by atoms with Crippen LogP contribution in [0.2, 0.25) is 0 Å². The Hall–Kier alpha value is -2.21. The molecule has 2 aromatic heterocycles. The summed E-state index contributed by atoms with van der Waals surface area (Å²) in [4.78, 5) is 6.69. The first-order valence-corrected chi connectivity index (χ1v) is 7.94. The van der Waals surface area contributed by atoms with Gasteiger partial charge in [-0.1, -0.05) is 30.3 Å². The quantitative estimate of drug-likeness (QED) is 0.708. The molecule has 0 saturated heterocycles. The molecule has 0 unspecified atom stereocenters. The Morgan fingerprint density at radius 3 is 2.59 bits per heavy atom. The van der Waals surface area contributed by atoms with Crippen LogP contribution in [0.1, 0.15) is 5.82 Å². The molecule has 0 saturated carbocycles. The van der Waals surface area contributed by atoms with E-state index in [2.05, 4.69) is 52.7 Å². The summed E-state index contributed by atoms with van der Waals surface area (Å²) in [6.45, 7) is 2.50. The smallest absolute Gasteiger partial charge is 0.164 e. The topological polar surface area (TPSA) is 46.8 Å². The maximum Gasteiger partial charge on any atom is 0.164 e. The summed E-state index contributed by atoms with van der Waals surface area (Å²) in [6.07, 6.45) is 1.82. The second kappa shape index (κ2) is 5.53. The Kier molecular flexibility index (Phi) is 3.38. The van der Waals surface area contributed by atoms with E-state index in [1.54, 1.807) is 0 Å². The van der Waals surface area contributed by atoms with Gasteiger partial charge in [0, 0.05) is 29.3 Å². The molecule has 0 spiro atoms. The lowest BCUT2D eigenvalue weighted by Crippen LogP contribution is -2.34. The van der Waals surface area contributed by atoms with Crippen molar-refractivity contribution in [2.75, 3.05) is 11.4 Å². The molecule has 0 N–H and O–H groups in total. The molecule has 0 atom stereocenters. The lowest BCUT2D eigenvalue weighted by molar-refractivity contribution is 0.560. The number of halogens is 1. The van der Waals surface area contributed by atoms with Gasteiger partial charge < -0.3 is 9.47 Å². The average molecular weight is 356 g/mol. The minimum atomic E-state index is 0.731. The summed E-state index contributed by atoms with van der Waals surface area (Å²) in [5, 5.41) is 8.73. The van der Waals surface area contributed by atoms with Crippen molar-refractivity contribution in [3.63, 3.8) is 0 Å². The fraction of sp³-hybridized carbons (Fsp3) is 0.188. The Labute approximate surface area is 136 Å². The highest BCUT2D eigenvalue weighted by Crippen LogP contribution is 2.24. The van der Waals surface area contributed by atoms with Crippen LogP contribution in [0.25, 0.3) is 11.4 Å². The van der Waals surface area contributed by atoms with E-state index in [1.165, 1.54) is 0 Å². The molecular formula is C16H14BrN5. The van der Waals surface area contributed by atoms with Crippen molar-refractivity contribution in [2.24, 2.45) is 0 Å². The van der Waals surface area contributed by atoms with Gasteiger partial charge in [0.15, 0.2) is 11.6 Å². The second-order valence-electron chi connectivity index (χ2n) is 5.21. The van der Waals surface area contributed by atoms with Gasteiger partial charge in [-0.15, -0.1) is 10.2 Å². The highest BCUT2D eigenvalue weighted by molar-refractivity contribution is 9.10. The predicted molar refractivity (Wildman–Crippen MR) is 88.4 cm³/mol. The van der Waals surface area contributed by atoms with Crippen molar-refractivity contribution in [3.8, 4) is 11.4 Å². The van der Waals surface area contributed by atoms with Crippen LogP contribution in [0.15, 0.2) is 53.1 Å². The lowest BCUT2D eigenvalue weighted by atomic mass is 10.2. The summed E-state index contributed by atoms with van der Waals surface area (Å²) in [7, 11) is 0. The van der Waals surface area contributed by atoms with Gasteiger partial charge in [-0.3, -0.25) is 0 Å². The molecule has 0 amide bonds. The molecule has 5 nitrogen and oxygen atoms in total. The largest absolute Gasteiger partial charge is 0.347 e. The Morgan fingerprint density at radius 1 is 0.955 bits per heavy atom. The normalized spacial score (nSPS) is 14.0. The summed E-state index contributed by atoms with van der Waals surface area (Å²) in [5.74, 6) is 2.90. The van der Waals surface area contributed by atoms with Gasteiger partial charge in [0.1, 0.15) is 5.82 Å². The molecule has 3 aromatic rings. The van der Waals surface area contributed by atoms with E-state index in [1.807, 2.05) is 36.5 Å². The van der Waals surface area contributed by atoms with Gasteiger partial charge in [0.25, 0.3) is 0 Å². The first-order chi connectivity index (χ1) is 10.8. The van der Waals surface area contributed by atoms with Crippen molar-refractivity contribution in [1.29, 1.82) is 0 Å². The SMILES string of the molecule is Brc1ccc(N2CCn3c(nnc3-c3ccccc3)C2)nc1. The number of nitrogens with zero attached hydrogens (tertiary/aromatic N) is 5. The second-order valence-corrected chi connectivity index (χ2v) is 6.13. The molecule has 0 radical (unpaired) electrons. The fourth-order valence-electron chi connectivity index (χ4n) is 2.71. The van der Waals surface area contributed by atoms with Crippen LogP contribution in [0.4, 0.5) is 5.82 Å². The maximum absolute atomic E-state index is 4.46. The number of rotatable bonds is 2. The van der Waals surface area contributed by atoms with E-state index in [-0.39, 0.29) is 0 Å². The summed E-state index contributed by atoms with van der Waals surface area (Å²) >= 11 is 3.42. The molecule has 6 heteroatoms. The molecule has 22 heavy (non-hydrogen) atoms. The first-order valence-electron chi connectivity index (χ1n) is 7.15. The number of aromatic nitrogens is 4. The van der Waals surface area contributed by atoms with Crippen LogP contribution in [0, 0.1) is 0 Å². The van der Waals surface area contributed by atoms with Crippen molar-refractivity contribution < 1.29 is 0 Å². The Morgan fingerprint density at radius 2 is 1.82 bits per heavy atom. The zero-order chi connectivity index (χ0) is 14.9. The molecule has 0 bridgehead atoms. The minimum Gasteiger partial charge on any atom is -0.347 e. The van der Waals surface area contributed by atoms with Gasteiger partial charge in [0.05, 0.1) is 6.54 Å².